The number of amides is 1. The van der Waals surface area contributed by atoms with Gasteiger partial charge in [0.25, 0.3) is 5.91 Å². The summed E-state index contributed by atoms with van der Waals surface area (Å²) in [7, 11) is 1.62. The van der Waals surface area contributed by atoms with Crippen LogP contribution in [-0.2, 0) is 14.3 Å². The van der Waals surface area contributed by atoms with Gasteiger partial charge in [0.15, 0.2) is 0 Å². The maximum absolute atomic E-state index is 12.5. The van der Waals surface area contributed by atoms with Crippen LogP contribution in [0.15, 0.2) is 6.33 Å². The molecule has 2 rings (SSSR count). The lowest BCUT2D eigenvalue weighted by molar-refractivity contribution is -0.144. The van der Waals surface area contributed by atoms with Crippen LogP contribution in [0.4, 0.5) is 0 Å². The molecule has 0 aromatic carbocycles. The molecule has 1 aliphatic rings. The number of likely N-dealkylation sites (tertiary alicyclic amines) is 1. The topological polar surface area (TPSA) is 69.5 Å². The lowest BCUT2D eigenvalue weighted by atomic mass is 9.96. The summed E-state index contributed by atoms with van der Waals surface area (Å²) in [6.07, 6.45) is 3.35. The summed E-state index contributed by atoms with van der Waals surface area (Å²) in [6, 6.07) is 0.322. The van der Waals surface area contributed by atoms with Crippen molar-refractivity contribution in [3.8, 4) is 0 Å². The molecular weight excluding hydrogens is 296 g/mol. The highest BCUT2D eigenvalue weighted by molar-refractivity contribution is 5.80. The van der Waals surface area contributed by atoms with Crippen LogP contribution < -0.4 is 0 Å². The van der Waals surface area contributed by atoms with Gasteiger partial charge in [-0.25, -0.2) is 0 Å². The van der Waals surface area contributed by atoms with E-state index < -0.39 is 6.10 Å². The van der Waals surface area contributed by atoms with Crippen molar-refractivity contribution in [3.05, 3.63) is 12.2 Å². The molecule has 7 nitrogen and oxygen atoms in total. The second-order valence-corrected chi connectivity index (χ2v) is 6.32. The van der Waals surface area contributed by atoms with E-state index in [4.69, 9.17) is 9.47 Å². The van der Waals surface area contributed by atoms with Crippen molar-refractivity contribution in [2.75, 3.05) is 33.4 Å². The first-order valence-corrected chi connectivity index (χ1v) is 8.33. The molecule has 1 aliphatic heterocycles. The molecule has 1 aromatic heterocycles. The van der Waals surface area contributed by atoms with Crippen molar-refractivity contribution in [2.45, 2.75) is 51.7 Å². The highest BCUT2D eigenvalue weighted by atomic mass is 16.5. The van der Waals surface area contributed by atoms with Gasteiger partial charge < -0.3 is 18.9 Å². The summed E-state index contributed by atoms with van der Waals surface area (Å²) in [4.78, 5) is 14.4. The average molecular weight is 324 g/mol. The minimum absolute atomic E-state index is 0.0430. The molecule has 2 unspecified atom stereocenters. The summed E-state index contributed by atoms with van der Waals surface area (Å²) in [5, 5.41) is 8.33. The Labute approximate surface area is 138 Å². The van der Waals surface area contributed by atoms with Crippen LogP contribution in [0.3, 0.4) is 0 Å². The molecule has 1 amide bonds. The molecule has 0 saturated carbocycles. The molecule has 1 fully saturated rings. The lowest BCUT2D eigenvalue weighted by Crippen LogP contribution is -2.45. The number of carbonyl (C=O) groups is 1. The van der Waals surface area contributed by atoms with Crippen molar-refractivity contribution >= 4 is 5.91 Å². The van der Waals surface area contributed by atoms with Crippen LogP contribution in [0.25, 0.3) is 0 Å². The van der Waals surface area contributed by atoms with Crippen LogP contribution in [-0.4, -0.2) is 65.1 Å². The zero-order valence-corrected chi connectivity index (χ0v) is 14.6. The Morgan fingerprint density at radius 2 is 2.17 bits per heavy atom. The van der Waals surface area contributed by atoms with Crippen LogP contribution in [0.2, 0.25) is 0 Å². The molecule has 2 heterocycles. The number of nitrogens with zero attached hydrogens (tertiary/aromatic N) is 4. The van der Waals surface area contributed by atoms with Gasteiger partial charge in [0.1, 0.15) is 18.3 Å². The number of methoxy groups -OCH3 is 1. The summed E-state index contributed by atoms with van der Waals surface area (Å²) in [5.41, 5.74) is 0. The van der Waals surface area contributed by atoms with Gasteiger partial charge in [0, 0.05) is 32.2 Å². The molecule has 7 heteroatoms. The number of hydrogen-bond acceptors (Lipinski definition) is 5. The Hall–Kier alpha value is -1.47. The second kappa shape index (κ2) is 8.40. The predicted octanol–water partition coefficient (Wildman–Crippen LogP) is 1.62. The number of rotatable bonds is 7. The fourth-order valence-corrected chi connectivity index (χ4v) is 2.97. The lowest BCUT2D eigenvalue weighted by Gasteiger charge is -2.34. The van der Waals surface area contributed by atoms with E-state index in [1.165, 1.54) is 0 Å². The number of carbonyl (C=O) groups excluding carboxylic acids is 1. The fourth-order valence-electron chi connectivity index (χ4n) is 2.97. The standard InChI is InChI=1S/C16H28N4O3/c1-12(2)20-11-17-18-15(20)14-6-5-7-19(10-14)16(21)13(3)23-9-8-22-4/h11-14H,5-10H2,1-4H3. The van der Waals surface area contributed by atoms with Gasteiger partial charge in [-0.1, -0.05) is 0 Å². The Balaban J connectivity index is 1.97. The number of piperidine rings is 1. The maximum atomic E-state index is 12.5. The summed E-state index contributed by atoms with van der Waals surface area (Å²) >= 11 is 0. The third kappa shape index (κ3) is 4.51. The van der Waals surface area contributed by atoms with Gasteiger partial charge >= 0.3 is 0 Å². The minimum atomic E-state index is -0.438. The third-order valence-corrected chi connectivity index (χ3v) is 4.26. The van der Waals surface area contributed by atoms with E-state index in [0.29, 0.717) is 25.8 Å². The van der Waals surface area contributed by atoms with Gasteiger partial charge in [-0.15, -0.1) is 10.2 Å². The maximum Gasteiger partial charge on any atom is 0.251 e. The number of aromatic nitrogens is 3. The molecule has 130 valence electrons. The highest BCUT2D eigenvalue weighted by Gasteiger charge is 2.30. The van der Waals surface area contributed by atoms with Crippen LogP contribution in [0.1, 0.15) is 51.4 Å². The van der Waals surface area contributed by atoms with Gasteiger partial charge in [-0.2, -0.15) is 0 Å². The van der Waals surface area contributed by atoms with Gasteiger partial charge in [-0.05, 0) is 33.6 Å². The quantitative estimate of drug-likeness (QED) is 0.713. The molecule has 1 aromatic rings. The van der Waals surface area contributed by atoms with Crippen molar-refractivity contribution in [1.29, 1.82) is 0 Å². The Morgan fingerprint density at radius 3 is 2.87 bits per heavy atom. The molecule has 1 saturated heterocycles. The highest BCUT2D eigenvalue weighted by Crippen LogP contribution is 2.27. The van der Waals surface area contributed by atoms with Crippen LogP contribution >= 0.6 is 0 Å². The molecule has 0 radical (unpaired) electrons. The fraction of sp³-hybridized carbons (Fsp3) is 0.812. The average Bonchev–Trinajstić information content (AvgIpc) is 3.04. The first-order chi connectivity index (χ1) is 11.0. The normalized spacial score (nSPS) is 20.0. The van der Waals surface area contributed by atoms with Crippen LogP contribution in [0.5, 0.6) is 0 Å². The zero-order valence-electron chi connectivity index (χ0n) is 14.6. The van der Waals surface area contributed by atoms with E-state index in [9.17, 15) is 4.79 Å². The molecule has 2 atom stereocenters. The predicted molar refractivity (Wildman–Crippen MR) is 86.3 cm³/mol. The van der Waals surface area contributed by atoms with E-state index in [1.807, 2.05) is 4.90 Å². The van der Waals surface area contributed by atoms with Gasteiger partial charge in [0.2, 0.25) is 0 Å². The molecule has 0 spiro atoms. The van der Waals surface area contributed by atoms with Gasteiger partial charge in [-0.3, -0.25) is 4.79 Å². The first-order valence-electron chi connectivity index (χ1n) is 8.33. The van der Waals surface area contributed by atoms with E-state index in [0.717, 1.165) is 25.2 Å². The summed E-state index contributed by atoms with van der Waals surface area (Å²) in [5.74, 6) is 1.26. The van der Waals surface area contributed by atoms with Crippen LogP contribution in [0, 0.1) is 0 Å². The smallest absolute Gasteiger partial charge is 0.251 e. The SMILES string of the molecule is COCCOC(C)C(=O)N1CCCC(c2nncn2C(C)C)C1. The number of hydrogen-bond donors (Lipinski definition) is 0. The summed E-state index contributed by atoms with van der Waals surface area (Å²) < 4.78 is 12.6. The molecule has 0 N–H and O–H groups in total. The molecule has 23 heavy (non-hydrogen) atoms. The van der Waals surface area contributed by atoms with Crippen molar-refractivity contribution < 1.29 is 14.3 Å². The Bertz CT molecular complexity index is 503. The third-order valence-electron chi connectivity index (χ3n) is 4.26. The largest absolute Gasteiger partial charge is 0.382 e. The van der Waals surface area contributed by atoms with E-state index in [2.05, 4.69) is 28.6 Å². The van der Waals surface area contributed by atoms with Gasteiger partial charge in [0.05, 0.1) is 13.2 Å². The first kappa shape index (κ1) is 17.9. The van der Waals surface area contributed by atoms with E-state index >= 15 is 0 Å². The Morgan fingerprint density at radius 1 is 1.39 bits per heavy atom. The van der Waals surface area contributed by atoms with E-state index in [-0.39, 0.29) is 11.8 Å². The zero-order chi connectivity index (χ0) is 16.8. The monoisotopic (exact) mass is 324 g/mol. The van der Waals surface area contributed by atoms with Crippen molar-refractivity contribution in [1.82, 2.24) is 19.7 Å². The Kier molecular flexibility index (Phi) is 6.53. The summed E-state index contributed by atoms with van der Waals surface area (Å²) in [6.45, 7) is 8.43. The molecule has 0 bridgehead atoms. The van der Waals surface area contributed by atoms with Crippen molar-refractivity contribution in [2.24, 2.45) is 0 Å². The van der Waals surface area contributed by atoms with E-state index in [1.54, 1.807) is 20.4 Å². The molecule has 0 aliphatic carbocycles. The minimum Gasteiger partial charge on any atom is -0.382 e. The number of ether oxygens (including phenoxy) is 2. The van der Waals surface area contributed by atoms with Crippen molar-refractivity contribution in [3.63, 3.8) is 0 Å². The second-order valence-electron chi connectivity index (χ2n) is 6.32. The molecular formula is C16H28N4O3.